The molecule has 2 aromatic rings. The minimum absolute atomic E-state index is 0.172. The first-order valence-electron chi connectivity index (χ1n) is 7.21. The number of urea groups is 1. The molecule has 0 aliphatic carbocycles. The molecule has 130 valence electrons. The minimum atomic E-state index is -1.51. The molecule has 2 amide bonds. The van der Waals surface area contributed by atoms with Crippen molar-refractivity contribution in [2.24, 2.45) is 0 Å². The number of rotatable bonds is 7. The molecule has 24 heavy (non-hydrogen) atoms. The number of aliphatic hydroxyl groups is 1. The van der Waals surface area contributed by atoms with Crippen molar-refractivity contribution in [2.45, 2.75) is 12.1 Å². The van der Waals surface area contributed by atoms with E-state index in [1.54, 1.807) is 12.1 Å². The molecule has 0 fully saturated rings. The maximum Gasteiger partial charge on any atom is 0.315 e. The Bertz CT molecular complexity index is 644. The lowest BCUT2D eigenvalue weighted by Gasteiger charge is -2.18. The van der Waals surface area contributed by atoms with Gasteiger partial charge in [0.05, 0.1) is 18.4 Å². The van der Waals surface area contributed by atoms with Crippen LogP contribution in [0, 0.1) is 11.6 Å². The average Bonchev–Trinajstić information content (AvgIpc) is 3.07. The summed E-state index contributed by atoms with van der Waals surface area (Å²) in [6, 6.07) is 5.44. The van der Waals surface area contributed by atoms with Crippen LogP contribution in [0.15, 0.2) is 41.0 Å². The van der Waals surface area contributed by atoms with Gasteiger partial charge in [0, 0.05) is 13.7 Å². The number of ether oxygens (including phenoxy) is 1. The van der Waals surface area contributed by atoms with Crippen LogP contribution in [0.25, 0.3) is 0 Å². The minimum Gasteiger partial charge on any atom is -0.467 e. The number of carbonyl (C=O) groups is 1. The second-order valence-corrected chi connectivity index (χ2v) is 5.03. The Kier molecular flexibility index (Phi) is 6.28. The number of carbonyl (C=O) groups excluding carboxylic acids is 1. The van der Waals surface area contributed by atoms with E-state index < -0.39 is 35.4 Å². The summed E-state index contributed by atoms with van der Waals surface area (Å²) in [5, 5.41) is 14.8. The van der Waals surface area contributed by atoms with Crippen molar-refractivity contribution in [3.05, 3.63) is 59.6 Å². The highest BCUT2D eigenvalue weighted by atomic mass is 19.1. The summed E-state index contributed by atoms with van der Waals surface area (Å²) in [7, 11) is 1.47. The standard InChI is InChI=1S/C16H18F2N2O4/c1-23-9-12(14-6-3-7-24-14)20-16(22)19-8-13(21)15-10(17)4-2-5-11(15)18/h2-7,12-13,21H,8-9H2,1H3,(H2,19,20,22). The third-order valence-corrected chi connectivity index (χ3v) is 3.31. The third-order valence-electron chi connectivity index (χ3n) is 3.31. The van der Waals surface area contributed by atoms with Gasteiger partial charge < -0.3 is 24.9 Å². The predicted octanol–water partition coefficient (Wildman–Crippen LogP) is 2.28. The zero-order valence-corrected chi connectivity index (χ0v) is 13.0. The highest BCUT2D eigenvalue weighted by Gasteiger charge is 2.20. The maximum absolute atomic E-state index is 13.6. The molecule has 1 heterocycles. The highest BCUT2D eigenvalue weighted by molar-refractivity contribution is 5.74. The van der Waals surface area contributed by atoms with Gasteiger partial charge >= 0.3 is 6.03 Å². The van der Waals surface area contributed by atoms with Crippen molar-refractivity contribution in [3.63, 3.8) is 0 Å². The van der Waals surface area contributed by atoms with E-state index in [4.69, 9.17) is 9.15 Å². The monoisotopic (exact) mass is 340 g/mol. The fraction of sp³-hybridized carbons (Fsp3) is 0.312. The van der Waals surface area contributed by atoms with Gasteiger partial charge in [0.25, 0.3) is 0 Å². The smallest absolute Gasteiger partial charge is 0.315 e. The molecule has 1 aromatic heterocycles. The van der Waals surface area contributed by atoms with Crippen molar-refractivity contribution in [3.8, 4) is 0 Å². The van der Waals surface area contributed by atoms with E-state index in [2.05, 4.69) is 10.6 Å². The predicted molar refractivity (Wildman–Crippen MR) is 81.2 cm³/mol. The van der Waals surface area contributed by atoms with Gasteiger partial charge in [-0.15, -0.1) is 0 Å². The van der Waals surface area contributed by atoms with E-state index >= 15 is 0 Å². The Morgan fingerprint density at radius 2 is 2.00 bits per heavy atom. The van der Waals surface area contributed by atoms with E-state index in [9.17, 15) is 18.7 Å². The third kappa shape index (κ3) is 4.53. The maximum atomic E-state index is 13.6. The van der Waals surface area contributed by atoms with Crippen LogP contribution in [0.4, 0.5) is 13.6 Å². The van der Waals surface area contributed by atoms with Crippen molar-refractivity contribution >= 4 is 6.03 Å². The van der Waals surface area contributed by atoms with Crippen LogP contribution in [0.2, 0.25) is 0 Å². The topological polar surface area (TPSA) is 83.7 Å². The number of hydrogen-bond acceptors (Lipinski definition) is 4. The lowest BCUT2D eigenvalue weighted by atomic mass is 10.1. The molecule has 0 saturated carbocycles. The number of methoxy groups -OCH3 is 1. The van der Waals surface area contributed by atoms with Gasteiger partial charge in [-0.3, -0.25) is 0 Å². The van der Waals surface area contributed by atoms with Crippen molar-refractivity contribution < 1.29 is 27.8 Å². The summed E-state index contributed by atoms with van der Waals surface area (Å²) in [6.45, 7) is -0.188. The molecule has 0 radical (unpaired) electrons. The van der Waals surface area contributed by atoms with Crippen LogP contribution in [0.1, 0.15) is 23.5 Å². The van der Waals surface area contributed by atoms with Crippen LogP contribution in [-0.4, -0.2) is 31.4 Å². The second-order valence-electron chi connectivity index (χ2n) is 5.03. The van der Waals surface area contributed by atoms with Crippen LogP contribution in [0.5, 0.6) is 0 Å². The molecule has 0 bridgehead atoms. The van der Waals surface area contributed by atoms with Gasteiger partial charge in [-0.1, -0.05) is 6.07 Å². The number of amides is 2. The summed E-state index contributed by atoms with van der Waals surface area (Å²) < 4.78 is 37.3. The molecule has 6 nitrogen and oxygen atoms in total. The molecule has 2 rings (SSSR count). The van der Waals surface area contributed by atoms with E-state index in [0.29, 0.717) is 5.76 Å². The van der Waals surface area contributed by atoms with Crippen LogP contribution in [-0.2, 0) is 4.74 Å². The van der Waals surface area contributed by atoms with E-state index in [0.717, 1.165) is 12.1 Å². The van der Waals surface area contributed by atoms with Gasteiger partial charge in [-0.05, 0) is 24.3 Å². The Morgan fingerprint density at radius 1 is 1.29 bits per heavy atom. The molecular weight excluding hydrogens is 322 g/mol. The first-order valence-corrected chi connectivity index (χ1v) is 7.21. The first kappa shape index (κ1) is 17.9. The van der Waals surface area contributed by atoms with Gasteiger partial charge in [-0.25, -0.2) is 13.6 Å². The highest BCUT2D eigenvalue weighted by Crippen LogP contribution is 2.20. The van der Waals surface area contributed by atoms with E-state index in [1.807, 2.05) is 0 Å². The van der Waals surface area contributed by atoms with Crippen molar-refractivity contribution in [1.82, 2.24) is 10.6 Å². The molecular formula is C16H18F2N2O4. The van der Waals surface area contributed by atoms with E-state index in [-0.39, 0.29) is 13.2 Å². The zero-order valence-electron chi connectivity index (χ0n) is 13.0. The van der Waals surface area contributed by atoms with Gasteiger partial charge in [-0.2, -0.15) is 0 Å². The van der Waals surface area contributed by atoms with Crippen LogP contribution >= 0.6 is 0 Å². The summed E-state index contributed by atoms with van der Waals surface area (Å²) in [6.07, 6.45) is -0.0520. The molecule has 8 heteroatoms. The molecule has 2 atom stereocenters. The van der Waals surface area contributed by atoms with Crippen molar-refractivity contribution in [1.29, 1.82) is 0 Å². The second kappa shape index (κ2) is 8.42. The average molecular weight is 340 g/mol. The lowest BCUT2D eigenvalue weighted by molar-refractivity contribution is 0.150. The van der Waals surface area contributed by atoms with Gasteiger partial charge in [0.1, 0.15) is 29.5 Å². The molecule has 0 aliphatic heterocycles. The quantitative estimate of drug-likeness (QED) is 0.722. The first-order chi connectivity index (χ1) is 11.5. The fourth-order valence-corrected chi connectivity index (χ4v) is 2.18. The molecule has 2 unspecified atom stereocenters. The van der Waals surface area contributed by atoms with Crippen LogP contribution in [0.3, 0.4) is 0 Å². The van der Waals surface area contributed by atoms with Crippen molar-refractivity contribution in [2.75, 3.05) is 20.3 Å². The zero-order chi connectivity index (χ0) is 17.5. The lowest BCUT2D eigenvalue weighted by Crippen LogP contribution is -2.41. The summed E-state index contributed by atoms with van der Waals surface area (Å²) in [5.41, 5.74) is -0.489. The Morgan fingerprint density at radius 3 is 2.58 bits per heavy atom. The fourth-order valence-electron chi connectivity index (χ4n) is 2.18. The summed E-state index contributed by atoms with van der Waals surface area (Å²) in [5.74, 6) is -1.26. The molecule has 0 spiro atoms. The molecule has 3 N–H and O–H groups in total. The van der Waals surface area contributed by atoms with Crippen LogP contribution < -0.4 is 10.6 Å². The number of benzene rings is 1. The number of nitrogens with one attached hydrogen (secondary N) is 2. The van der Waals surface area contributed by atoms with Gasteiger partial charge in [0.2, 0.25) is 0 Å². The number of aliphatic hydroxyl groups excluding tert-OH is 1. The van der Waals surface area contributed by atoms with E-state index in [1.165, 1.54) is 19.4 Å². The Hall–Kier alpha value is -2.45. The summed E-state index contributed by atoms with van der Waals surface area (Å²) in [4.78, 5) is 11.9. The Labute approximate surface area is 137 Å². The molecule has 1 aromatic carbocycles. The number of furan rings is 1. The largest absolute Gasteiger partial charge is 0.467 e. The molecule has 0 saturated heterocycles. The van der Waals surface area contributed by atoms with Gasteiger partial charge in [0.15, 0.2) is 0 Å². The normalized spacial score (nSPS) is 13.3. The SMILES string of the molecule is COCC(NC(=O)NCC(O)c1c(F)cccc1F)c1ccco1. The number of halogens is 2. The Balaban J connectivity index is 1.92. The molecule has 0 aliphatic rings. The summed E-state index contributed by atoms with van der Waals surface area (Å²) >= 11 is 0. The number of hydrogen-bond donors (Lipinski definition) is 3.